The summed E-state index contributed by atoms with van der Waals surface area (Å²) in [6.07, 6.45) is 8.94. The van der Waals surface area contributed by atoms with Crippen LogP contribution >= 0.6 is 0 Å². The van der Waals surface area contributed by atoms with Gasteiger partial charge in [-0.05, 0) is 54.8 Å². The molecule has 0 aliphatic rings. The Morgan fingerprint density at radius 2 is 1.68 bits per heavy atom. The fourth-order valence-electron chi connectivity index (χ4n) is 3.17. The summed E-state index contributed by atoms with van der Waals surface area (Å²) in [6, 6.07) is 20.0. The van der Waals surface area contributed by atoms with Crippen LogP contribution in [0.5, 0.6) is 0 Å². The molecular weight excluding hydrogens is 388 g/mol. The van der Waals surface area contributed by atoms with Gasteiger partial charge in [0, 0.05) is 17.3 Å². The van der Waals surface area contributed by atoms with Gasteiger partial charge in [-0.3, -0.25) is 9.59 Å². The number of furan rings is 1. The van der Waals surface area contributed by atoms with Crippen LogP contribution in [0.15, 0.2) is 83.1 Å². The summed E-state index contributed by atoms with van der Waals surface area (Å²) in [5.41, 5.74) is 2.49. The normalized spacial score (nSPS) is 11.2. The molecule has 5 nitrogen and oxygen atoms in total. The molecule has 0 saturated carbocycles. The third-order valence-electron chi connectivity index (χ3n) is 4.89. The zero-order valence-corrected chi connectivity index (χ0v) is 17.8. The number of anilines is 1. The van der Waals surface area contributed by atoms with Gasteiger partial charge in [-0.15, -0.1) is 0 Å². The highest BCUT2D eigenvalue weighted by Gasteiger charge is 2.15. The SMILES string of the molecule is CCCCCCc1ccc(NC(=O)/C(=C\c2ccco2)NC(=O)c2ccccc2)cc1. The van der Waals surface area contributed by atoms with E-state index in [1.165, 1.54) is 43.6 Å². The van der Waals surface area contributed by atoms with Crippen LogP contribution in [0.3, 0.4) is 0 Å². The Labute approximate surface area is 183 Å². The van der Waals surface area contributed by atoms with Crippen molar-refractivity contribution in [1.82, 2.24) is 5.32 Å². The predicted octanol–water partition coefficient (Wildman–Crippen LogP) is 5.81. The maximum atomic E-state index is 12.9. The molecule has 31 heavy (non-hydrogen) atoms. The van der Waals surface area contributed by atoms with Crippen LogP contribution in [-0.2, 0) is 11.2 Å². The first kappa shape index (κ1) is 22.1. The molecule has 3 aromatic rings. The van der Waals surface area contributed by atoms with E-state index < -0.39 is 5.91 Å². The van der Waals surface area contributed by atoms with E-state index in [0.717, 1.165) is 6.42 Å². The molecule has 0 saturated heterocycles. The Balaban J connectivity index is 1.68. The van der Waals surface area contributed by atoms with Crippen molar-refractivity contribution in [3.8, 4) is 0 Å². The standard InChI is InChI=1S/C26H28N2O3/c1-2-3-4-6-10-20-14-16-22(17-15-20)27-26(30)24(19-23-13-9-18-31-23)28-25(29)21-11-7-5-8-12-21/h5,7-9,11-19H,2-4,6,10H2,1H3,(H,27,30)(H,28,29)/b24-19+. The third-order valence-corrected chi connectivity index (χ3v) is 4.89. The maximum absolute atomic E-state index is 12.9. The number of amides is 2. The van der Waals surface area contributed by atoms with Gasteiger partial charge < -0.3 is 15.1 Å². The molecular formula is C26H28N2O3. The first-order valence-corrected chi connectivity index (χ1v) is 10.7. The Morgan fingerprint density at radius 3 is 2.35 bits per heavy atom. The molecule has 0 unspecified atom stereocenters. The minimum atomic E-state index is -0.420. The predicted molar refractivity (Wildman–Crippen MR) is 124 cm³/mol. The molecule has 2 aromatic carbocycles. The summed E-state index contributed by atoms with van der Waals surface area (Å²) in [5.74, 6) is -0.312. The van der Waals surface area contributed by atoms with Gasteiger partial charge in [-0.25, -0.2) is 0 Å². The molecule has 1 aromatic heterocycles. The van der Waals surface area contributed by atoms with E-state index in [-0.39, 0.29) is 11.6 Å². The lowest BCUT2D eigenvalue weighted by molar-refractivity contribution is -0.113. The van der Waals surface area contributed by atoms with Crippen molar-refractivity contribution >= 4 is 23.6 Å². The number of rotatable bonds is 10. The number of aryl methyl sites for hydroxylation is 1. The minimum absolute atomic E-state index is 0.104. The van der Waals surface area contributed by atoms with Crippen LogP contribution in [0.1, 0.15) is 54.3 Å². The van der Waals surface area contributed by atoms with E-state index in [1.807, 2.05) is 30.3 Å². The highest BCUT2D eigenvalue weighted by atomic mass is 16.3. The fourth-order valence-corrected chi connectivity index (χ4v) is 3.17. The maximum Gasteiger partial charge on any atom is 0.272 e. The highest BCUT2D eigenvalue weighted by molar-refractivity contribution is 6.10. The fraction of sp³-hybridized carbons (Fsp3) is 0.231. The van der Waals surface area contributed by atoms with Crippen LogP contribution < -0.4 is 10.6 Å². The number of carbonyl (C=O) groups is 2. The second-order valence-electron chi connectivity index (χ2n) is 7.36. The lowest BCUT2D eigenvalue weighted by Crippen LogP contribution is -2.30. The number of hydrogen-bond donors (Lipinski definition) is 2. The van der Waals surface area contributed by atoms with Gasteiger partial charge in [0.25, 0.3) is 11.8 Å². The van der Waals surface area contributed by atoms with E-state index >= 15 is 0 Å². The van der Waals surface area contributed by atoms with Crippen molar-refractivity contribution < 1.29 is 14.0 Å². The van der Waals surface area contributed by atoms with Gasteiger partial charge in [0.1, 0.15) is 11.5 Å². The van der Waals surface area contributed by atoms with Crippen molar-refractivity contribution in [1.29, 1.82) is 0 Å². The minimum Gasteiger partial charge on any atom is -0.465 e. The van der Waals surface area contributed by atoms with Crippen molar-refractivity contribution in [3.05, 3.63) is 95.6 Å². The topological polar surface area (TPSA) is 71.3 Å². The highest BCUT2D eigenvalue weighted by Crippen LogP contribution is 2.15. The molecule has 0 aliphatic carbocycles. The van der Waals surface area contributed by atoms with Gasteiger partial charge in [-0.1, -0.05) is 56.5 Å². The van der Waals surface area contributed by atoms with Gasteiger partial charge in [0.15, 0.2) is 0 Å². The largest absolute Gasteiger partial charge is 0.465 e. The molecule has 3 rings (SSSR count). The summed E-state index contributed by atoms with van der Waals surface area (Å²) < 4.78 is 5.31. The van der Waals surface area contributed by atoms with Crippen LogP contribution in [-0.4, -0.2) is 11.8 Å². The van der Waals surface area contributed by atoms with E-state index in [1.54, 1.807) is 36.4 Å². The van der Waals surface area contributed by atoms with Gasteiger partial charge in [0.2, 0.25) is 0 Å². The quantitative estimate of drug-likeness (QED) is 0.323. The monoisotopic (exact) mass is 416 g/mol. The first-order chi connectivity index (χ1) is 15.2. The van der Waals surface area contributed by atoms with Crippen LogP contribution in [0.2, 0.25) is 0 Å². The molecule has 0 radical (unpaired) electrons. The number of benzene rings is 2. The smallest absolute Gasteiger partial charge is 0.272 e. The zero-order chi connectivity index (χ0) is 21.9. The molecule has 2 N–H and O–H groups in total. The van der Waals surface area contributed by atoms with Gasteiger partial charge in [0.05, 0.1) is 6.26 Å². The average molecular weight is 417 g/mol. The molecule has 0 atom stereocenters. The summed E-state index contributed by atoms with van der Waals surface area (Å²) in [7, 11) is 0. The van der Waals surface area contributed by atoms with Crippen molar-refractivity contribution in [2.45, 2.75) is 39.0 Å². The second kappa shape index (κ2) is 11.6. The van der Waals surface area contributed by atoms with Crippen LogP contribution in [0.4, 0.5) is 5.69 Å². The zero-order valence-electron chi connectivity index (χ0n) is 17.8. The molecule has 0 bridgehead atoms. The number of carbonyl (C=O) groups excluding carboxylic acids is 2. The van der Waals surface area contributed by atoms with E-state index in [0.29, 0.717) is 17.0 Å². The Hall–Kier alpha value is -3.60. The lowest BCUT2D eigenvalue weighted by Gasteiger charge is -2.11. The average Bonchev–Trinajstić information content (AvgIpc) is 3.31. The molecule has 160 valence electrons. The third kappa shape index (κ3) is 7.00. The Bertz CT molecular complexity index is 991. The van der Waals surface area contributed by atoms with Crippen LogP contribution in [0, 0.1) is 0 Å². The molecule has 5 heteroatoms. The van der Waals surface area contributed by atoms with E-state index in [2.05, 4.69) is 17.6 Å². The number of nitrogens with one attached hydrogen (secondary N) is 2. The van der Waals surface area contributed by atoms with Crippen molar-refractivity contribution in [2.75, 3.05) is 5.32 Å². The summed E-state index contributed by atoms with van der Waals surface area (Å²) in [5, 5.41) is 5.54. The first-order valence-electron chi connectivity index (χ1n) is 10.7. The molecule has 0 aliphatic heterocycles. The van der Waals surface area contributed by atoms with E-state index in [9.17, 15) is 9.59 Å². The summed E-state index contributed by atoms with van der Waals surface area (Å²) in [4.78, 5) is 25.5. The molecule has 2 amide bonds. The van der Waals surface area contributed by atoms with Gasteiger partial charge >= 0.3 is 0 Å². The Morgan fingerprint density at radius 1 is 0.903 bits per heavy atom. The number of unbranched alkanes of at least 4 members (excludes halogenated alkanes) is 3. The van der Waals surface area contributed by atoms with Crippen molar-refractivity contribution in [3.63, 3.8) is 0 Å². The van der Waals surface area contributed by atoms with Crippen LogP contribution in [0.25, 0.3) is 6.08 Å². The second-order valence-corrected chi connectivity index (χ2v) is 7.36. The molecule has 0 spiro atoms. The molecule has 0 fully saturated rings. The Kier molecular flexibility index (Phi) is 8.23. The molecule has 1 heterocycles. The lowest BCUT2D eigenvalue weighted by atomic mass is 10.1. The summed E-state index contributed by atoms with van der Waals surface area (Å²) >= 11 is 0. The van der Waals surface area contributed by atoms with E-state index in [4.69, 9.17) is 4.42 Å². The van der Waals surface area contributed by atoms with Crippen molar-refractivity contribution in [2.24, 2.45) is 0 Å². The van der Waals surface area contributed by atoms with Gasteiger partial charge in [-0.2, -0.15) is 0 Å². The summed E-state index contributed by atoms with van der Waals surface area (Å²) in [6.45, 7) is 2.20. The number of hydrogen-bond acceptors (Lipinski definition) is 3.